The fraction of sp³-hybridized carbons (Fsp3) is 0.323. The van der Waals surface area contributed by atoms with Crippen molar-refractivity contribution in [3.05, 3.63) is 99.9 Å². The zero-order chi connectivity index (χ0) is 28.9. The maximum absolute atomic E-state index is 14.2. The van der Waals surface area contributed by atoms with Crippen molar-refractivity contribution < 1.29 is 14.4 Å². The van der Waals surface area contributed by atoms with Gasteiger partial charge in [0.2, 0.25) is 0 Å². The Kier molecular flexibility index (Phi) is 8.99. The van der Waals surface area contributed by atoms with E-state index >= 15 is 0 Å². The Hall–Kier alpha value is -3.76. The van der Waals surface area contributed by atoms with E-state index in [1.54, 1.807) is 11.0 Å². The largest absolute Gasteiger partial charge is 0.381 e. The molecule has 1 unspecified atom stereocenters. The first kappa shape index (κ1) is 28.8. The normalized spacial score (nSPS) is 21.6. The molecule has 0 saturated carbocycles. The number of allylic oxidation sites excluding steroid dienone is 1. The van der Waals surface area contributed by atoms with Gasteiger partial charge < -0.3 is 15.8 Å². The quantitative estimate of drug-likeness (QED) is 0.430. The number of carbonyl (C=O) groups excluding carboxylic acids is 1. The summed E-state index contributed by atoms with van der Waals surface area (Å²) in [6, 6.07) is 13.6. The van der Waals surface area contributed by atoms with Gasteiger partial charge in [0.15, 0.2) is 12.1 Å². The summed E-state index contributed by atoms with van der Waals surface area (Å²) in [4.78, 5) is 30.5. The Labute approximate surface area is 245 Å². The number of hydroxylamine groups is 1. The topological polar surface area (TPSA) is 114 Å². The molecular weight excluding hydrogens is 540 g/mol. The average molecular weight is 575 g/mol. The molecular formula is C31H35ClN6O3. The Morgan fingerprint density at radius 2 is 2.05 bits per heavy atom. The molecule has 9 nitrogen and oxygen atoms in total. The van der Waals surface area contributed by atoms with Crippen LogP contribution >= 0.6 is 11.6 Å². The van der Waals surface area contributed by atoms with Gasteiger partial charge in [-0.05, 0) is 50.0 Å². The third kappa shape index (κ3) is 6.60. The van der Waals surface area contributed by atoms with Crippen LogP contribution in [0.15, 0.2) is 82.6 Å². The minimum Gasteiger partial charge on any atom is -0.381 e. The first-order chi connectivity index (χ1) is 19.9. The fourth-order valence-corrected chi connectivity index (χ4v) is 5.30. The lowest BCUT2D eigenvalue weighted by Crippen LogP contribution is -2.41. The van der Waals surface area contributed by atoms with Gasteiger partial charge in [-0.25, -0.2) is 20.3 Å². The summed E-state index contributed by atoms with van der Waals surface area (Å²) in [7, 11) is 0. The number of hydrogen-bond donors (Lipinski definition) is 3. The maximum Gasteiger partial charge on any atom is 0.260 e. The molecule has 0 aromatic heterocycles. The van der Waals surface area contributed by atoms with E-state index in [1.165, 1.54) is 0 Å². The van der Waals surface area contributed by atoms with Crippen LogP contribution in [-0.2, 0) is 27.5 Å². The number of hydrogen-bond acceptors (Lipinski definition) is 8. The summed E-state index contributed by atoms with van der Waals surface area (Å²) in [5.41, 5.74) is 13.3. The van der Waals surface area contributed by atoms with Crippen LogP contribution < -0.4 is 16.5 Å². The minimum atomic E-state index is -0.289. The van der Waals surface area contributed by atoms with Gasteiger partial charge in [-0.1, -0.05) is 60.7 Å². The van der Waals surface area contributed by atoms with E-state index < -0.39 is 0 Å². The zero-order valence-electron chi connectivity index (χ0n) is 23.3. The third-order valence-electron chi connectivity index (χ3n) is 7.17. The average Bonchev–Trinajstić information content (AvgIpc) is 3.42. The first-order valence-electron chi connectivity index (χ1n) is 13.8. The van der Waals surface area contributed by atoms with Crippen LogP contribution in [0.25, 0.3) is 5.57 Å². The van der Waals surface area contributed by atoms with E-state index in [0.717, 1.165) is 35.1 Å². The standard InChI is InChI=1S/C31H35ClN6O3/c1-4-23-15-27(26-9-8-24(16-28(26)32)29-36-20(3)41-37-29)31(39)38(18-22-7-5-6-21(14-22)17-33)30(23)35-19(2)34-25-10-12-40-13-11-25/h4-9,14-16,20,25,34H,2,10-13,17-18,33H2,1,3H3,(H,36,37)/b23-4-,35-30+. The number of nitrogens with zero attached hydrogens (tertiary/aromatic N) is 3. The van der Waals surface area contributed by atoms with Gasteiger partial charge in [-0.3, -0.25) is 9.69 Å². The highest BCUT2D eigenvalue weighted by Gasteiger charge is 2.32. The van der Waals surface area contributed by atoms with Crippen molar-refractivity contribution in [1.29, 1.82) is 0 Å². The number of amidine groups is 2. The van der Waals surface area contributed by atoms with Crippen molar-refractivity contribution in [3.63, 3.8) is 0 Å². The molecule has 3 aliphatic rings. The Morgan fingerprint density at radius 1 is 1.27 bits per heavy atom. The van der Waals surface area contributed by atoms with Gasteiger partial charge in [-0.2, -0.15) is 0 Å². The van der Waals surface area contributed by atoms with Gasteiger partial charge >= 0.3 is 0 Å². The van der Waals surface area contributed by atoms with Gasteiger partial charge in [0.05, 0.1) is 6.54 Å². The van der Waals surface area contributed by atoms with Gasteiger partial charge in [0, 0.05) is 53.1 Å². The van der Waals surface area contributed by atoms with Crippen LogP contribution in [-0.4, -0.2) is 48.0 Å². The lowest BCUT2D eigenvalue weighted by atomic mass is 9.95. The van der Waals surface area contributed by atoms with Crippen molar-refractivity contribution in [3.8, 4) is 0 Å². The van der Waals surface area contributed by atoms with Crippen LogP contribution in [0.3, 0.4) is 0 Å². The van der Waals surface area contributed by atoms with Crippen LogP contribution in [0.1, 0.15) is 48.9 Å². The molecule has 0 bridgehead atoms. The molecule has 3 heterocycles. The highest BCUT2D eigenvalue weighted by atomic mass is 35.5. The van der Waals surface area contributed by atoms with Gasteiger partial charge in [-0.15, -0.1) is 0 Å². The number of benzene rings is 2. The second-order valence-corrected chi connectivity index (χ2v) is 10.5. The molecule has 5 rings (SSSR count). The number of amides is 1. The SMILES string of the molecule is C=C(/N=C1\C(=C/C)C=C(c2ccc(C3=NC(C)ON3)cc2Cl)C(=O)N1Cc1cccc(CN)c1)NC1CCOCC1. The molecule has 1 amide bonds. The highest BCUT2D eigenvalue weighted by molar-refractivity contribution is 6.37. The molecule has 4 N–H and O–H groups in total. The molecule has 214 valence electrons. The fourth-order valence-electron chi connectivity index (χ4n) is 5.02. The van der Waals surface area contributed by atoms with E-state index in [2.05, 4.69) is 22.4 Å². The van der Waals surface area contributed by atoms with E-state index in [4.69, 9.17) is 31.9 Å². The summed E-state index contributed by atoms with van der Waals surface area (Å²) >= 11 is 6.78. The van der Waals surface area contributed by atoms with Crippen molar-refractivity contribution in [2.75, 3.05) is 13.2 Å². The summed E-state index contributed by atoms with van der Waals surface area (Å²) < 4.78 is 5.48. The monoisotopic (exact) mass is 574 g/mol. The van der Waals surface area contributed by atoms with E-state index in [9.17, 15) is 4.79 Å². The smallest absolute Gasteiger partial charge is 0.260 e. The molecule has 1 saturated heterocycles. The molecule has 2 aromatic carbocycles. The minimum absolute atomic E-state index is 0.214. The van der Waals surface area contributed by atoms with E-state index in [-0.39, 0.29) is 18.2 Å². The van der Waals surface area contributed by atoms with Crippen molar-refractivity contribution >= 4 is 34.8 Å². The highest BCUT2D eigenvalue weighted by Crippen LogP contribution is 2.33. The van der Waals surface area contributed by atoms with Crippen molar-refractivity contribution in [2.45, 2.75) is 52.0 Å². The number of aliphatic imine (C=N–C) groups is 2. The number of rotatable bonds is 8. The molecule has 0 radical (unpaired) electrons. The summed E-state index contributed by atoms with van der Waals surface area (Å²) in [5, 5.41) is 3.83. The Morgan fingerprint density at radius 3 is 2.73 bits per heavy atom. The molecule has 10 heteroatoms. The molecule has 41 heavy (non-hydrogen) atoms. The molecule has 3 aliphatic heterocycles. The molecule has 2 aromatic rings. The predicted molar refractivity (Wildman–Crippen MR) is 162 cm³/mol. The molecule has 1 atom stereocenters. The summed E-state index contributed by atoms with van der Waals surface area (Å²) in [6.45, 7) is 10.0. The maximum atomic E-state index is 14.2. The van der Waals surface area contributed by atoms with E-state index in [1.807, 2.05) is 62.4 Å². The molecule has 0 spiro atoms. The third-order valence-corrected chi connectivity index (χ3v) is 7.48. The second-order valence-electron chi connectivity index (χ2n) is 10.1. The first-order valence-corrected chi connectivity index (χ1v) is 14.1. The number of ether oxygens (including phenoxy) is 1. The molecule has 1 fully saturated rings. The summed E-state index contributed by atoms with van der Waals surface area (Å²) in [5.74, 6) is 1.40. The van der Waals surface area contributed by atoms with Crippen LogP contribution in [0.2, 0.25) is 5.02 Å². The van der Waals surface area contributed by atoms with Crippen LogP contribution in [0.5, 0.6) is 0 Å². The molecule has 0 aliphatic carbocycles. The lowest BCUT2D eigenvalue weighted by Gasteiger charge is -2.31. The number of nitrogens with two attached hydrogens (primary N) is 1. The Balaban J connectivity index is 1.52. The van der Waals surface area contributed by atoms with Crippen molar-refractivity contribution in [2.24, 2.45) is 15.7 Å². The van der Waals surface area contributed by atoms with Gasteiger partial charge in [0.1, 0.15) is 11.7 Å². The van der Waals surface area contributed by atoms with E-state index in [0.29, 0.717) is 60.0 Å². The van der Waals surface area contributed by atoms with Gasteiger partial charge in [0.25, 0.3) is 5.91 Å². The van der Waals surface area contributed by atoms with Crippen LogP contribution in [0.4, 0.5) is 0 Å². The lowest BCUT2D eigenvalue weighted by molar-refractivity contribution is -0.122. The zero-order valence-corrected chi connectivity index (χ0v) is 24.1. The predicted octanol–water partition coefficient (Wildman–Crippen LogP) is 4.44. The Bertz CT molecular complexity index is 1460. The van der Waals surface area contributed by atoms with Crippen LogP contribution in [0, 0.1) is 0 Å². The number of nitrogens with one attached hydrogen (secondary N) is 2. The number of carbonyl (C=O) groups is 1. The summed E-state index contributed by atoms with van der Waals surface area (Å²) in [6.07, 6.45) is 5.24. The second kappa shape index (κ2) is 12.8. The van der Waals surface area contributed by atoms with Crippen molar-refractivity contribution in [1.82, 2.24) is 15.7 Å². The number of halogens is 1.